The Morgan fingerprint density at radius 1 is 1.75 bits per heavy atom. The van der Waals surface area contributed by atoms with Crippen LogP contribution in [0.25, 0.3) is 0 Å². The zero-order valence-corrected chi connectivity index (χ0v) is 7.72. The van der Waals surface area contributed by atoms with E-state index in [0.29, 0.717) is 0 Å². The molecule has 1 aliphatic heterocycles. The average Bonchev–Trinajstić information content (AvgIpc) is 2.57. The lowest BCUT2D eigenvalue weighted by molar-refractivity contribution is 0.188. The van der Waals surface area contributed by atoms with Crippen LogP contribution < -0.4 is 10.6 Å². The Balaban J connectivity index is 2.46. The molecule has 3 N–H and O–H groups in total. The minimum atomic E-state index is -0.240. The molecule has 4 heteroatoms. The van der Waals surface area contributed by atoms with E-state index in [1.807, 2.05) is 13.8 Å². The van der Waals surface area contributed by atoms with E-state index in [1.54, 1.807) is 0 Å². The smallest absolute Gasteiger partial charge is 0.191 e. The highest BCUT2D eigenvalue weighted by Gasteiger charge is 2.22. The summed E-state index contributed by atoms with van der Waals surface area (Å²) in [6, 6.07) is 0. The first kappa shape index (κ1) is 9.32. The molecule has 0 saturated carbocycles. The summed E-state index contributed by atoms with van der Waals surface area (Å²) in [5.74, 6) is 0.813. The van der Waals surface area contributed by atoms with Gasteiger partial charge in [-0.3, -0.25) is 4.99 Å². The summed E-state index contributed by atoms with van der Waals surface area (Å²) in [4.78, 5) is 4.20. The van der Waals surface area contributed by atoms with Gasteiger partial charge < -0.3 is 15.7 Å². The van der Waals surface area contributed by atoms with Crippen molar-refractivity contribution in [1.29, 1.82) is 0 Å². The van der Waals surface area contributed by atoms with Crippen LogP contribution in [-0.4, -0.2) is 36.3 Å². The topological polar surface area (TPSA) is 56.6 Å². The third-order valence-electron chi connectivity index (χ3n) is 2.22. The van der Waals surface area contributed by atoms with Crippen molar-refractivity contribution in [2.75, 3.05) is 19.7 Å². The molecule has 0 aromatic heterocycles. The molecule has 0 aromatic rings. The quantitative estimate of drug-likeness (QED) is 0.546. The van der Waals surface area contributed by atoms with Gasteiger partial charge in [0, 0.05) is 6.54 Å². The highest BCUT2D eigenvalue weighted by atomic mass is 16.3. The maximum Gasteiger partial charge on any atom is 0.191 e. The number of aliphatic hydroxyl groups is 1. The Morgan fingerprint density at radius 3 is 2.92 bits per heavy atom. The maximum absolute atomic E-state index is 9.10. The van der Waals surface area contributed by atoms with Crippen LogP contribution in [0.15, 0.2) is 4.99 Å². The van der Waals surface area contributed by atoms with Gasteiger partial charge in [-0.1, -0.05) is 6.92 Å². The van der Waals surface area contributed by atoms with Gasteiger partial charge in [-0.05, 0) is 13.3 Å². The van der Waals surface area contributed by atoms with Crippen molar-refractivity contribution < 1.29 is 5.11 Å². The molecule has 0 radical (unpaired) electrons. The fraction of sp³-hybridized carbons (Fsp3) is 0.875. The lowest BCUT2D eigenvalue weighted by Gasteiger charge is -2.28. The molecule has 1 unspecified atom stereocenters. The lowest BCUT2D eigenvalue weighted by atomic mass is 10.0. The van der Waals surface area contributed by atoms with Gasteiger partial charge in [0.25, 0.3) is 0 Å². The molecule has 0 amide bonds. The van der Waals surface area contributed by atoms with E-state index in [9.17, 15) is 0 Å². The van der Waals surface area contributed by atoms with Gasteiger partial charge in [-0.2, -0.15) is 0 Å². The minimum absolute atomic E-state index is 0.129. The lowest BCUT2D eigenvalue weighted by Crippen LogP contribution is -2.51. The van der Waals surface area contributed by atoms with Gasteiger partial charge in [-0.25, -0.2) is 0 Å². The highest BCUT2D eigenvalue weighted by molar-refractivity contribution is 5.81. The molecule has 1 atom stereocenters. The van der Waals surface area contributed by atoms with E-state index in [1.165, 1.54) is 0 Å². The number of nitrogens with zero attached hydrogens (tertiary/aromatic N) is 1. The van der Waals surface area contributed by atoms with Crippen molar-refractivity contribution in [3.05, 3.63) is 0 Å². The van der Waals surface area contributed by atoms with E-state index in [2.05, 4.69) is 15.6 Å². The minimum Gasteiger partial charge on any atom is -0.394 e. The normalized spacial score (nSPS) is 21.1. The van der Waals surface area contributed by atoms with Gasteiger partial charge in [0.05, 0.1) is 18.7 Å². The predicted molar refractivity (Wildman–Crippen MR) is 49.2 cm³/mol. The van der Waals surface area contributed by atoms with Gasteiger partial charge in [0.2, 0.25) is 0 Å². The molecular formula is C8H17N3O. The van der Waals surface area contributed by atoms with E-state index in [4.69, 9.17) is 5.11 Å². The fourth-order valence-electron chi connectivity index (χ4n) is 1.01. The number of rotatable bonds is 3. The summed E-state index contributed by atoms with van der Waals surface area (Å²) in [5.41, 5.74) is -0.240. The third-order valence-corrected chi connectivity index (χ3v) is 2.22. The van der Waals surface area contributed by atoms with Gasteiger partial charge in [-0.15, -0.1) is 0 Å². The summed E-state index contributed by atoms with van der Waals surface area (Å²) in [5, 5.41) is 15.4. The molecule has 0 bridgehead atoms. The first-order chi connectivity index (χ1) is 5.70. The molecule has 1 heterocycles. The van der Waals surface area contributed by atoms with Gasteiger partial charge in [0.1, 0.15) is 0 Å². The van der Waals surface area contributed by atoms with Crippen LogP contribution in [0.3, 0.4) is 0 Å². The van der Waals surface area contributed by atoms with Crippen molar-refractivity contribution in [3.63, 3.8) is 0 Å². The molecule has 4 nitrogen and oxygen atoms in total. The van der Waals surface area contributed by atoms with Crippen molar-refractivity contribution >= 4 is 5.96 Å². The summed E-state index contributed by atoms with van der Waals surface area (Å²) >= 11 is 0. The Bertz CT molecular complexity index is 175. The Labute approximate surface area is 73.1 Å². The number of hydrogen-bond acceptors (Lipinski definition) is 4. The molecule has 1 rings (SSSR count). The monoisotopic (exact) mass is 171 g/mol. The summed E-state index contributed by atoms with van der Waals surface area (Å²) < 4.78 is 0. The zero-order valence-electron chi connectivity index (χ0n) is 7.72. The number of nitrogens with one attached hydrogen (secondary N) is 2. The average molecular weight is 171 g/mol. The summed E-state index contributed by atoms with van der Waals surface area (Å²) in [6.07, 6.45) is 0.879. The van der Waals surface area contributed by atoms with Crippen LogP contribution >= 0.6 is 0 Å². The van der Waals surface area contributed by atoms with Crippen LogP contribution in [0.4, 0.5) is 0 Å². The predicted octanol–water partition coefficient (Wildman–Crippen LogP) is -0.304. The first-order valence-electron chi connectivity index (χ1n) is 4.37. The van der Waals surface area contributed by atoms with Crippen molar-refractivity contribution in [2.24, 2.45) is 4.99 Å². The van der Waals surface area contributed by atoms with E-state index in [-0.39, 0.29) is 12.1 Å². The van der Waals surface area contributed by atoms with E-state index >= 15 is 0 Å². The Kier molecular flexibility index (Phi) is 2.92. The summed E-state index contributed by atoms with van der Waals surface area (Å²) in [7, 11) is 0. The SMILES string of the molecule is CCC(C)(CO)NC1=NCCN1. The molecule has 0 aliphatic carbocycles. The van der Waals surface area contributed by atoms with Crippen molar-refractivity contribution in [3.8, 4) is 0 Å². The molecule has 12 heavy (non-hydrogen) atoms. The van der Waals surface area contributed by atoms with Crippen LogP contribution in [-0.2, 0) is 0 Å². The molecule has 0 spiro atoms. The molecular weight excluding hydrogens is 154 g/mol. The van der Waals surface area contributed by atoms with E-state index < -0.39 is 0 Å². The second kappa shape index (κ2) is 3.76. The van der Waals surface area contributed by atoms with Crippen LogP contribution in [0.5, 0.6) is 0 Å². The largest absolute Gasteiger partial charge is 0.394 e. The Hall–Kier alpha value is -0.770. The van der Waals surface area contributed by atoms with Gasteiger partial charge >= 0.3 is 0 Å². The number of hydrogen-bond donors (Lipinski definition) is 3. The van der Waals surface area contributed by atoms with Gasteiger partial charge in [0.15, 0.2) is 5.96 Å². The second-order valence-corrected chi connectivity index (χ2v) is 3.35. The Morgan fingerprint density at radius 2 is 2.50 bits per heavy atom. The van der Waals surface area contributed by atoms with Crippen molar-refractivity contribution in [2.45, 2.75) is 25.8 Å². The molecule has 70 valence electrons. The number of aliphatic hydroxyl groups excluding tert-OH is 1. The van der Waals surface area contributed by atoms with E-state index in [0.717, 1.165) is 25.5 Å². The van der Waals surface area contributed by atoms with Crippen LogP contribution in [0, 0.1) is 0 Å². The van der Waals surface area contributed by atoms with Crippen LogP contribution in [0.1, 0.15) is 20.3 Å². The number of guanidine groups is 1. The fourth-order valence-corrected chi connectivity index (χ4v) is 1.01. The molecule has 0 aromatic carbocycles. The third kappa shape index (κ3) is 2.11. The zero-order chi connectivity index (χ0) is 9.03. The molecule has 1 aliphatic rings. The first-order valence-corrected chi connectivity index (χ1v) is 4.37. The molecule has 0 saturated heterocycles. The number of aliphatic imine (C=N–C) groups is 1. The molecule has 0 fully saturated rings. The maximum atomic E-state index is 9.10. The standard InChI is InChI=1S/C8H17N3O/c1-3-8(2,6-12)11-7-9-4-5-10-7/h12H,3-6H2,1-2H3,(H2,9,10,11). The second-order valence-electron chi connectivity index (χ2n) is 3.35. The summed E-state index contributed by atoms with van der Waals surface area (Å²) in [6.45, 7) is 5.87. The van der Waals surface area contributed by atoms with Crippen LogP contribution in [0.2, 0.25) is 0 Å². The highest BCUT2D eigenvalue weighted by Crippen LogP contribution is 2.07. The van der Waals surface area contributed by atoms with Crippen molar-refractivity contribution in [1.82, 2.24) is 10.6 Å².